The maximum Gasteiger partial charge on any atom is 0.318 e. The smallest absolute Gasteiger partial charge is 0.318 e. The monoisotopic (exact) mass is 456 g/mol. The van der Waals surface area contributed by atoms with E-state index in [0.717, 1.165) is 42.5 Å². The minimum atomic E-state index is -0.0545. The van der Waals surface area contributed by atoms with E-state index in [2.05, 4.69) is 33.3 Å². The van der Waals surface area contributed by atoms with Gasteiger partial charge in [-0.05, 0) is 42.2 Å². The highest BCUT2D eigenvalue weighted by atomic mass is 32.2. The van der Waals surface area contributed by atoms with Gasteiger partial charge in [-0.3, -0.25) is 10.2 Å². The molecule has 0 aromatic heterocycles. The van der Waals surface area contributed by atoms with Gasteiger partial charge in [-0.15, -0.1) is 0 Å². The molecule has 1 aromatic rings. The van der Waals surface area contributed by atoms with Gasteiger partial charge in [0.25, 0.3) is 0 Å². The topological polar surface area (TPSA) is 112 Å². The van der Waals surface area contributed by atoms with Crippen LogP contribution in [-0.2, 0) is 11.3 Å². The van der Waals surface area contributed by atoms with Gasteiger partial charge in [-0.2, -0.15) is 16.9 Å². The molecule has 4 rings (SSSR count). The zero-order chi connectivity index (χ0) is 22.5. The van der Waals surface area contributed by atoms with Crippen molar-refractivity contribution < 1.29 is 9.59 Å². The van der Waals surface area contributed by atoms with E-state index in [1.165, 1.54) is 17.3 Å². The average molecular weight is 457 g/mol. The first-order valence-corrected chi connectivity index (χ1v) is 12.7. The molecule has 3 atom stereocenters. The van der Waals surface area contributed by atoms with E-state index in [-0.39, 0.29) is 29.9 Å². The van der Waals surface area contributed by atoms with Crippen LogP contribution in [-0.4, -0.2) is 60.2 Å². The molecule has 172 valence electrons. The number of carbonyl (C=O) groups excluding carboxylic acids is 2. The van der Waals surface area contributed by atoms with E-state index in [1.54, 1.807) is 0 Å². The zero-order valence-electron chi connectivity index (χ0n) is 18.5. The van der Waals surface area contributed by atoms with E-state index in [0.29, 0.717) is 25.4 Å². The number of hydrazone groups is 1. The summed E-state index contributed by atoms with van der Waals surface area (Å²) in [5.74, 6) is 0.461. The first kappa shape index (κ1) is 22.7. The Morgan fingerprint density at radius 2 is 2.12 bits per heavy atom. The predicted molar refractivity (Wildman–Crippen MR) is 129 cm³/mol. The first-order chi connectivity index (χ1) is 15.6. The number of hydrogen-bond acceptors (Lipinski definition) is 6. The number of nitrogens with zero attached hydrogens (tertiary/aromatic N) is 2. The Labute approximate surface area is 193 Å². The molecule has 0 bridgehead atoms. The summed E-state index contributed by atoms with van der Waals surface area (Å²) >= 11 is 1.49. The quantitative estimate of drug-likeness (QED) is 0.501. The summed E-state index contributed by atoms with van der Waals surface area (Å²) in [5, 5.41) is 10.6. The molecule has 2 aliphatic heterocycles. The molecule has 8 nitrogen and oxygen atoms in total. The molecule has 1 aromatic carbocycles. The molecule has 3 aliphatic rings. The average Bonchev–Trinajstić information content (AvgIpc) is 3.09. The van der Waals surface area contributed by atoms with E-state index < -0.39 is 0 Å². The van der Waals surface area contributed by atoms with Crippen molar-refractivity contribution in [1.82, 2.24) is 21.0 Å². The van der Waals surface area contributed by atoms with E-state index in [1.807, 2.05) is 29.5 Å². The number of amides is 3. The van der Waals surface area contributed by atoms with Crippen molar-refractivity contribution in [2.24, 2.45) is 16.8 Å². The lowest BCUT2D eigenvalue weighted by molar-refractivity contribution is -0.118. The molecule has 3 amide bonds. The van der Waals surface area contributed by atoms with Crippen LogP contribution >= 0.6 is 11.8 Å². The number of carbonyl (C=O) groups is 2. The molecule has 32 heavy (non-hydrogen) atoms. The molecule has 0 radical (unpaired) electrons. The van der Waals surface area contributed by atoms with Gasteiger partial charge in [0.2, 0.25) is 5.91 Å². The van der Waals surface area contributed by atoms with Crippen molar-refractivity contribution in [1.29, 1.82) is 0 Å². The fraction of sp³-hybridized carbons (Fsp3) is 0.522. The van der Waals surface area contributed by atoms with Crippen molar-refractivity contribution in [3.05, 3.63) is 41.0 Å². The van der Waals surface area contributed by atoms with Crippen LogP contribution in [0.4, 0.5) is 4.79 Å². The maximum absolute atomic E-state index is 12.9. The summed E-state index contributed by atoms with van der Waals surface area (Å²) in [6.07, 6.45) is 7.92. The molecule has 1 unspecified atom stereocenters. The van der Waals surface area contributed by atoms with E-state index in [4.69, 9.17) is 5.73 Å². The van der Waals surface area contributed by atoms with Gasteiger partial charge in [0, 0.05) is 31.8 Å². The summed E-state index contributed by atoms with van der Waals surface area (Å²) in [6, 6.07) is 8.28. The minimum Gasteiger partial charge on any atom is -0.354 e. The Bertz CT molecular complexity index is 900. The highest BCUT2D eigenvalue weighted by Crippen LogP contribution is 2.37. The number of urea groups is 1. The Hall–Kier alpha value is -2.52. The number of hydrogen-bond donors (Lipinski definition) is 4. The van der Waals surface area contributed by atoms with Crippen LogP contribution in [0.1, 0.15) is 36.8 Å². The third-order valence-electron chi connectivity index (χ3n) is 6.48. The van der Waals surface area contributed by atoms with E-state index >= 15 is 0 Å². The summed E-state index contributed by atoms with van der Waals surface area (Å²) in [5.41, 5.74) is 13.5. The van der Waals surface area contributed by atoms with Crippen molar-refractivity contribution in [3.8, 4) is 0 Å². The van der Waals surface area contributed by atoms with Crippen LogP contribution in [0.25, 0.3) is 5.70 Å². The Morgan fingerprint density at radius 1 is 1.31 bits per heavy atom. The van der Waals surface area contributed by atoms with Crippen LogP contribution in [0.5, 0.6) is 0 Å². The first-order valence-electron chi connectivity index (χ1n) is 11.3. The highest BCUT2D eigenvalue weighted by Gasteiger charge is 2.45. The molecule has 2 fully saturated rings. The van der Waals surface area contributed by atoms with Crippen LogP contribution in [0.3, 0.4) is 0 Å². The summed E-state index contributed by atoms with van der Waals surface area (Å²) in [7, 11) is 0. The van der Waals surface area contributed by atoms with Crippen molar-refractivity contribution in [3.63, 3.8) is 0 Å². The molecule has 1 aliphatic carbocycles. The standard InChI is InChI=1S/C23H32N6O2S/c1-32-14-20(30)25-10-11-29-22-18-13-26-28-21(16-8-6-15(12-24)7-9-16)17(18)4-2-3-5-19(22)27-23(29)31/h6-9,13,18-19,22,28H,2-5,10-12,14,24H2,1H3,(H,25,30)(H,27,31)/t18?,19-,22-/m1/s1. The molecular weight excluding hydrogens is 424 g/mol. The maximum atomic E-state index is 12.9. The van der Waals surface area contributed by atoms with Gasteiger partial charge < -0.3 is 21.3 Å². The Kier molecular flexibility index (Phi) is 7.36. The van der Waals surface area contributed by atoms with Gasteiger partial charge in [0.15, 0.2) is 0 Å². The second-order valence-corrected chi connectivity index (χ2v) is 9.35. The Balaban J connectivity index is 1.60. The van der Waals surface area contributed by atoms with Gasteiger partial charge in [-0.1, -0.05) is 30.7 Å². The van der Waals surface area contributed by atoms with Gasteiger partial charge in [0.05, 0.1) is 23.5 Å². The third kappa shape index (κ3) is 4.78. The molecule has 0 spiro atoms. The lowest BCUT2D eigenvalue weighted by atomic mass is 9.78. The van der Waals surface area contributed by atoms with Gasteiger partial charge in [-0.25, -0.2) is 4.79 Å². The van der Waals surface area contributed by atoms with Crippen LogP contribution in [0, 0.1) is 5.92 Å². The zero-order valence-corrected chi connectivity index (χ0v) is 19.3. The summed E-state index contributed by atoms with van der Waals surface area (Å²) < 4.78 is 0. The molecular formula is C23H32N6O2S. The highest BCUT2D eigenvalue weighted by molar-refractivity contribution is 7.99. The number of rotatable bonds is 7. The summed E-state index contributed by atoms with van der Waals surface area (Å²) in [6.45, 7) is 1.45. The lowest BCUT2D eigenvalue weighted by Crippen LogP contribution is -2.48. The number of benzene rings is 1. The molecule has 1 saturated heterocycles. The van der Waals surface area contributed by atoms with Crippen LogP contribution in [0.15, 0.2) is 34.9 Å². The molecule has 5 N–H and O–H groups in total. The fourth-order valence-electron chi connectivity index (χ4n) is 4.95. The third-order valence-corrected chi connectivity index (χ3v) is 7.04. The van der Waals surface area contributed by atoms with E-state index in [9.17, 15) is 9.59 Å². The largest absolute Gasteiger partial charge is 0.354 e. The predicted octanol–water partition coefficient (Wildman–Crippen LogP) is 1.88. The van der Waals surface area contributed by atoms with Gasteiger partial charge in [0.1, 0.15) is 0 Å². The van der Waals surface area contributed by atoms with Crippen LogP contribution in [0.2, 0.25) is 0 Å². The number of nitrogens with one attached hydrogen (secondary N) is 3. The van der Waals surface area contributed by atoms with Crippen molar-refractivity contribution >= 4 is 35.6 Å². The molecule has 1 saturated carbocycles. The number of fused-ring (bicyclic) bond motifs is 3. The Morgan fingerprint density at radius 3 is 2.88 bits per heavy atom. The van der Waals surface area contributed by atoms with Crippen molar-refractivity contribution in [2.45, 2.75) is 44.3 Å². The van der Waals surface area contributed by atoms with Crippen molar-refractivity contribution in [2.75, 3.05) is 25.1 Å². The molecule has 2 heterocycles. The second kappa shape index (κ2) is 10.4. The van der Waals surface area contributed by atoms with Crippen LogP contribution < -0.4 is 21.8 Å². The molecule has 9 heteroatoms. The number of nitrogens with two attached hydrogens (primary N) is 1. The number of thioether (sulfide) groups is 1. The second-order valence-electron chi connectivity index (χ2n) is 8.49. The minimum absolute atomic E-state index is 0.00134. The normalized spacial score (nSPS) is 24.8. The SMILES string of the molecule is CSCC(=O)NCCN1C(=O)N[C@@H]2CCCCC3=C(c4ccc(CN)cc4)NN=CC3[C@H]21. The lowest BCUT2D eigenvalue weighted by Gasteiger charge is -2.37. The fourth-order valence-corrected chi connectivity index (χ4v) is 5.31. The van der Waals surface area contributed by atoms with Gasteiger partial charge >= 0.3 is 6.03 Å². The summed E-state index contributed by atoms with van der Waals surface area (Å²) in [4.78, 5) is 26.6.